The van der Waals surface area contributed by atoms with Gasteiger partial charge in [-0.3, -0.25) is 0 Å². The first-order valence-electron chi connectivity index (χ1n) is 6.69. The van der Waals surface area contributed by atoms with Crippen molar-refractivity contribution in [3.05, 3.63) is 30.2 Å². The Bertz CT molecular complexity index is 552. The van der Waals surface area contributed by atoms with Gasteiger partial charge >= 0.3 is 0 Å². The van der Waals surface area contributed by atoms with Gasteiger partial charge in [-0.2, -0.15) is 0 Å². The first-order chi connectivity index (χ1) is 9.78. The van der Waals surface area contributed by atoms with Crippen molar-refractivity contribution in [2.45, 2.75) is 12.8 Å². The van der Waals surface area contributed by atoms with Crippen molar-refractivity contribution in [1.29, 1.82) is 0 Å². The number of imidazole rings is 1. The van der Waals surface area contributed by atoms with E-state index in [2.05, 4.69) is 15.3 Å². The summed E-state index contributed by atoms with van der Waals surface area (Å²) in [5.41, 5.74) is 1.90. The highest BCUT2D eigenvalue weighted by Gasteiger charge is 2.10. The van der Waals surface area contributed by atoms with Crippen LogP contribution in [-0.4, -0.2) is 37.8 Å². The second kappa shape index (κ2) is 6.96. The molecule has 0 unspecified atom stereocenters. The summed E-state index contributed by atoms with van der Waals surface area (Å²) in [5.74, 6) is 2.59. The van der Waals surface area contributed by atoms with Crippen molar-refractivity contribution in [2.75, 3.05) is 27.8 Å². The molecule has 2 N–H and O–H groups in total. The second-order valence-corrected chi connectivity index (χ2v) is 4.52. The fraction of sp³-hybridized carbons (Fsp3) is 0.400. The topological polar surface area (TPSA) is 59.2 Å². The summed E-state index contributed by atoms with van der Waals surface area (Å²) in [6.45, 7) is 0.985. The lowest BCUT2D eigenvalue weighted by atomic mass is 10.1. The SMILES string of the molecule is CNCCCc1ncc(-c2cc(OC)ccc2OC)[nH]1. The molecule has 0 amide bonds. The Kier molecular flexibility index (Phi) is 5.01. The molecular formula is C15H21N3O2. The molecule has 20 heavy (non-hydrogen) atoms. The number of nitrogens with zero attached hydrogens (tertiary/aromatic N) is 1. The molecule has 0 bridgehead atoms. The number of aromatic nitrogens is 2. The lowest BCUT2D eigenvalue weighted by Crippen LogP contribution is -2.08. The molecule has 108 valence electrons. The predicted octanol–water partition coefficient (Wildman–Crippen LogP) is 2.25. The minimum atomic E-state index is 0.798. The largest absolute Gasteiger partial charge is 0.497 e. The molecule has 0 radical (unpaired) electrons. The van der Waals surface area contributed by atoms with Crippen LogP contribution in [-0.2, 0) is 6.42 Å². The van der Waals surface area contributed by atoms with Crippen molar-refractivity contribution >= 4 is 0 Å². The molecule has 0 spiro atoms. The molecule has 0 aliphatic heterocycles. The first-order valence-corrected chi connectivity index (χ1v) is 6.69. The third-order valence-electron chi connectivity index (χ3n) is 3.17. The van der Waals surface area contributed by atoms with Crippen LogP contribution in [0.25, 0.3) is 11.3 Å². The Morgan fingerprint density at radius 2 is 2.10 bits per heavy atom. The summed E-state index contributed by atoms with van der Waals surface area (Å²) in [5, 5.41) is 3.13. The number of ether oxygens (including phenoxy) is 2. The Morgan fingerprint density at radius 3 is 2.80 bits per heavy atom. The third kappa shape index (κ3) is 3.30. The zero-order valence-corrected chi connectivity index (χ0v) is 12.2. The summed E-state index contributed by atoms with van der Waals surface area (Å²) in [4.78, 5) is 7.76. The van der Waals surface area contributed by atoms with Gasteiger partial charge in [-0.25, -0.2) is 4.98 Å². The van der Waals surface area contributed by atoms with E-state index in [0.29, 0.717) is 0 Å². The lowest BCUT2D eigenvalue weighted by Gasteiger charge is -2.08. The van der Waals surface area contributed by atoms with Crippen LogP contribution in [0.4, 0.5) is 0 Å². The van der Waals surface area contributed by atoms with E-state index in [1.165, 1.54) is 0 Å². The molecule has 0 saturated carbocycles. The van der Waals surface area contributed by atoms with E-state index in [0.717, 1.165) is 48.0 Å². The van der Waals surface area contributed by atoms with Gasteiger partial charge in [0.2, 0.25) is 0 Å². The van der Waals surface area contributed by atoms with Crippen molar-refractivity contribution < 1.29 is 9.47 Å². The zero-order valence-electron chi connectivity index (χ0n) is 12.2. The molecule has 2 rings (SSSR count). The molecular weight excluding hydrogens is 254 g/mol. The number of hydrogen-bond acceptors (Lipinski definition) is 4. The van der Waals surface area contributed by atoms with E-state index in [4.69, 9.17) is 9.47 Å². The van der Waals surface area contributed by atoms with Crippen LogP contribution < -0.4 is 14.8 Å². The second-order valence-electron chi connectivity index (χ2n) is 4.52. The molecule has 1 aromatic heterocycles. The maximum absolute atomic E-state index is 5.39. The highest BCUT2D eigenvalue weighted by atomic mass is 16.5. The van der Waals surface area contributed by atoms with E-state index in [1.807, 2.05) is 31.4 Å². The molecule has 1 aromatic carbocycles. The van der Waals surface area contributed by atoms with Gasteiger partial charge in [0.05, 0.1) is 26.1 Å². The number of aromatic amines is 1. The number of rotatable bonds is 7. The van der Waals surface area contributed by atoms with Gasteiger partial charge in [0.25, 0.3) is 0 Å². The molecule has 0 aliphatic carbocycles. The van der Waals surface area contributed by atoms with Crippen LogP contribution in [0.3, 0.4) is 0 Å². The maximum Gasteiger partial charge on any atom is 0.128 e. The van der Waals surface area contributed by atoms with Crippen LogP contribution in [0, 0.1) is 0 Å². The monoisotopic (exact) mass is 275 g/mol. The minimum absolute atomic E-state index is 0.798. The minimum Gasteiger partial charge on any atom is -0.497 e. The molecule has 2 aromatic rings. The summed E-state index contributed by atoms with van der Waals surface area (Å²) >= 11 is 0. The summed E-state index contributed by atoms with van der Waals surface area (Å²) in [6, 6.07) is 5.73. The van der Waals surface area contributed by atoms with Crippen molar-refractivity contribution in [2.24, 2.45) is 0 Å². The smallest absolute Gasteiger partial charge is 0.128 e. The maximum atomic E-state index is 5.39. The molecule has 5 nitrogen and oxygen atoms in total. The molecule has 0 aliphatic rings. The van der Waals surface area contributed by atoms with E-state index >= 15 is 0 Å². The zero-order chi connectivity index (χ0) is 14.4. The Morgan fingerprint density at radius 1 is 1.25 bits per heavy atom. The number of hydrogen-bond donors (Lipinski definition) is 2. The third-order valence-corrected chi connectivity index (χ3v) is 3.17. The van der Waals surface area contributed by atoms with Gasteiger partial charge in [-0.05, 0) is 38.2 Å². The molecule has 0 atom stereocenters. The first kappa shape index (κ1) is 14.4. The van der Waals surface area contributed by atoms with Gasteiger partial charge in [0, 0.05) is 12.0 Å². The number of benzene rings is 1. The number of nitrogens with one attached hydrogen (secondary N) is 2. The van der Waals surface area contributed by atoms with E-state index < -0.39 is 0 Å². The van der Waals surface area contributed by atoms with Gasteiger partial charge in [-0.15, -0.1) is 0 Å². The normalized spacial score (nSPS) is 10.6. The quantitative estimate of drug-likeness (QED) is 0.761. The van der Waals surface area contributed by atoms with Crippen LogP contribution in [0.5, 0.6) is 11.5 Å². The predicted molar refractivity (Wildman–Crippen MR) is 79.4 cm³/mol. The van der Waals surface area contributed by atoms with Crippen LogP contribution in [0.1, 0.15) is 12.2 Å². The molecule has 5 heteroatoms. The Hall–Kier alpha value is -2.01. The van der Waals surface area contributed by atoms with Gasteiger partial charge in [-0.1, -0.05) is 0 Å². The van der Waals surface area contributed by atoms with Crippen molar-refractivity contribution in [1.82, 2.24) is 15.3 Å². The van der Waals surface area contributed by atoms with Crippen LogP contribution >= 0.6 is 0 Å². The van der Waals surface area contributed by atoms with Crippen molar-refractivity contribution in [3.8, 4) is 22.8 Å². The standard InChI is InChI=1S/C15H21N3O2/c1-16-8-4-5-15-17-10-13(18-15)12-9-11(19-2)6-7-14(12)20-3/h6-7,9-10,16H,4-5,8H2,1-3H3,(H,17,18). The summed E-state index contributed by atoms with van der Waals surface area (Å²) in [7, 11) is 5.27. The Balaban J connectivity index is 2.22. The average Bonchev–Trinajstić information content (AvgIpc) is 2.95. The number of methoxy groups -OCH3 is 2. The number of H-pyrrole nitrogens is 1. The van der Waals surface area contributed by atoms with Crippen LogP contribution in [0.2, 0.25) is 0 Å². The highest BCUT2D eigenvalue weighted by molar-refractivity contribution is 5.68. The van der Waals surface area contributed by atoms with Gasteiger partial charge < -0.3 is 19.8 Å². The van der Waals surface area contributed by atoms with Gasteiger partial charge in [0.15, 0.2) is 0 Å². The molecule has 0 fully saturated rings. The summed E-state index contributed by atoms with van der Waals surface area (Å²) < 4.78 is 10.7. The number of aryl methyl sites for hydroxylation is 1. The average molecular weight is 275 g/mol. The van der Waals surface area contributed by atoms with Crippen LogP contribution in [0.15, 0.2) is 24.4 Å². The van der Waals surface area contributed by atoms with E-state index in [-0.39, 0.29) is 0 Å². The molecule has 0 saturated heterocycles. The molecule has 1 heterocycles. The fourth-order valence-corrected chi connectivity index (χ4v) is 2.08. The highest BCUT2D eigenvalue weighted by Crippen LogP contribution is 2.32. The van der Waals surface area contributed by atoms with E-state index in [9.17, 15) is 0 Å². The van der Waals surface area contributed by atoms with E-state index in [1.54, 1.807) is 14.2 Å². The fourth-order valence-electron chi connectivity index (χ4n) is 2.08. The Labute approximate surface area is 119 Å². The van der Waals surface area contributed by atoms with Crippen molar-refractivity contribution in [3.63, 3.8) is 0 Å². The van der Waals surface area contributed by atoms with Gasteiger partial charge in [0.1, 0.15) is 17.3 Å². The summed E-state index contributed by atoms with van der Waals surface area (Å²) in [6.07, 6.45) is 3.82. The lowest BCUT2D eigenvalue weighted by molar-refractivity contribution is 0.404.